The van der Waals surface area contributed by atoms with Crippen LogP contribution in [0.4, 0.5) is 0 Å². The standard InChI is InChI=1S/C5H9NO3/c7-5(8)4-2-1-3-6(4)9/h4,6H,1-3H2,(H,7,8). The van der Waals surface area contributed by atoms with Crippen LogP contribution in [-0.2, 0) is 4.79 Å². The molecule has 0 aromatic carbocycles. The van der Waals surface area contributed by atoms with Crippen LogP contribution >= 0.6 is 0 Å². The van der Waals surface area contributed by atoms with Gasteiger partial charge in [0, 0.05) is 12.8 Å². The SMILES string of the molecule is O=C(O)C1CCC[NH+]1[O-]. The zero-order valence-corrected chi connectivity index (χ0v) is 4.96. The third kappa shape index (κ3) is 1.20. The summed E-state index contributed by atoms with van der Waals surface area (Å²) in [4.78, 5) is 10.2. The summed E-state index contributed by atoms with van der Waals surface area (Å²) >= 11 is 0. The van der Waals surface area contributed by atoms with Crippen molar-refractivity contribution in [3.63, 3.8) is 0 Å². The lowest BCUT2D eigenvalue weighted by Gasteiger charge is -2.19. The first-order valence-corrected chi connectivity index (χ1v) is 2.97. The Balaban J connectivity index is 2.49. The van der Waals surface area contributed by atoms with Crippen LogP contribution in [-0.4, -0.2) is 23.7 Å². The second kappa shape index (κ2) is 2.33. The van der Waals surface area contributed by atoms with Crippen molar-refractivity contribution in [2.75, 3.05) is 6.54 Å². The molecule has 1 aliphatic heterocycles. The highest BCUT2D eigenvalue weighted by Crippen LogP contribution is 1.98. The van der Waals surface area contributed by atoms with Gasteiger partial charge in [0.2, 0.25) is 0 Å². The lowest BCUT2D eigenvalue weighted by atomic mass is 10.2. The number of nitrogens with one attached hydrogen (secondary N) is 1. The molecular weight excluding hydrogens is 122 g/mol. The Labute approximate surface area is 52.7 Å². The Hall–Kier alpha value is -0.610. The summed E-state index contributed by atoms with van der Waals surface area (Å²) in [5.74, 6) is -0.961. The van der Waals surface area contributed by atoms with Gasteiger partial charge in [0.15, 0.2) is 6.04 Å². The van der Waals surface area contributed by atoms with Gasteiger partial charge < -0.3 is 15.4 Å². The first kappa shape index (κ1) is 6.51. The molecule has 1 heterocycles. The van der Waals surface area contributed by atoms with E-state index in [4.69, 9.17) is 5.11 Å². The number of carboxylic acids is 1. The molecule has 0 aromatic rings. The van der Waals surface area contributed by atoms with Crippen LogP contribution in [0.25, 0.3) is 0 Å². The Kier molecular flexibility index (Phi) is 1.68. The fourth-order valence-corrected chi connectivity index (χ4v) is 1.08. The van der Waals surface area contributed by atoms with Gasteiger partial charge in [-0.05, 0) is 0 Å². The van der Waals surface area contributed by atoms with Crippen molar-refractivity contribution in [2.45, 2.75) is 18.9 Å². The third-order valence-corrected chi connectivity index (χ3v) is 1.60. The minimum atomic E-state index is -0.961. The van der Waals surface area contributed by atoms with E-state index in [1.807, 2.05) is 0 Å². The molecular formula is C5H9NO3. The van der Waals surface area contributed by atoms with Gasteiger partial charge in [-0.25, -0.2) is 4.79 Å². The molecule has 9 heavy (non-hydrogen) atoms. The van der Waals surface area contributed by atoms with Gasteiger partial charge in [0.25, 0.3) is 0 Å². The molecule has 4 nitrogen and oxygen atoms in total. The second-order valence-electron chi connectivity index (χ2n) is 2.25. The van der Waals surface area contributed by atoms with Crippen molar-refractivity contribution >= 4 is 5.97 Å². The first-order valence-electron chi connectivity index (χ1n) is 2.97. The molecule has 0 radical (unpaired) electrons. The number of aliphatic carboxylic acids is 1. The summed E-state index contributed by atoms with van der Waals surface area (Å²) in [6, 6.07) is -0.690. The fourth-order valence-electron chi connectivity index (χ4n) is 1.08. The zero-order chi connectivity index (χ0) is 6.85. The maximum absolute atomic E-state index is 10.6. The van der Waals surface area contributed by atoms with E-state index in [2.05, 4.69) is 0 Å². The monoisotopic (exact) mass is 131 g/mol. The van der Waals surface area contributed by atoms with Crippen molar-refractivity contribution in [3.8, 4) is 0 Å². The van der Waals surface area contributed by atoms with Crippen LogP contribution in [0.3, 0.4) is 0 Å². The molecule has 2 unspecified atom stereocenters. The highest BCUT2D eigenvalue weighted by atomic mass is 16.5. The van der Waals surface area contributed by atoms with Gasteiger partial charge in [-0.15, -0.1) is 0 Å². The lowest BCUT2D eigenvalue weighted by molar-refractivity contribution is -0.851. The van der Waals surface area contributed by atoms with E-state index in [9.17, 15) is 10.0 Å². The largest absolute Gasteiger partial charge is 0.634 e. The first-order chi connectivity index (χ1) is 4.22. The Morgan fingerprint density at radius 1 is 1.78 bits per heavy atom. The van der Waals surface area contributed by atoms with E-state index in [-0.39, 0.29) is 5.06 Å². The van der Waals surface area contributed by atoms with Gasteiger partial charge >= 0.3 is 5.97 Å². The van der Waals surface area contributed by atoms with Crippen LogP contribution in [0.1, 0.15) is 12.8 Å². The van der Waals surface area contributed by atoms with Gasteiger partial charge in [-0.2, -0.15) is 0 Å². The molecule has 52 valence electrons. The summed E-state index contributed by atoms with van der Waals surface area (Å²) in [7, 11) is 0. The molecule has 0 bridgehead atoms. The molecule has 0 spiro atoms. The van der Waals surface area contributed by atoms with E-state index in [1.165, 1.54) is 0 Å². The molecule has 4 heteroatoms. The molecule has 1 rings (SSSR count). The highest BCUT2D eigenvalue weighted by Gasteiger charge is 2.28. The van der Waals surface area contributed by atoms with Gasteiger partial charge in [0.05, 0.1) is 6.54 Å². The molecule has 0 aliphatic carbocycles. The van der Waals surface area contributed by atoms with E-state index in [0.717, 1.165) is 6.42 Å². The molecule has 0 aromatic heterocycles. The van der Waals surface area contributed by atoms with Crippen molar-refractivity contribution in [3.05, 3.63) is 5.21 Å². The fraction of sp³-hybridized carbons (Fsp3) is 0.800. The Morgan fingerprint density at radius 2 is 2.44 bits per heavy atom. The summed E-state index contributed by atoms with van der Waals surface area (Å²) in [5, 5.41) is 18.9. The lowest BCUT2D eigenvalue weighted by Crippen LogP contribution is -3.10. The third-order valence-electron chi connectivity index (χ3n) is 1.60. The average Bonchev–Trinajstić information content (AvgIpc) is 2.13. The van der Waals surface area contributed by atoms with Crippen molar-refractivity contribution in [1.82, 2.24) is 0 Å². The zero-order valence-electron chi connectivity index (χ0n) is 4.96. The van der Waals surface area contributed by atoms with Crippen LogP contribution < -0.4 is 5.06 Å². The smallest absolute Gasteiger partial charge is 0.362 e. The normalized spacial score (nSPS) is 34.8. The summed E-state index contributed by atoms with van der Waals surface area (Å²) in [6.07, 6.45) is 1.28. The minimum absolute atomic E-state index is 0.109. The number of hydrogen-bond donors (Lipinski definition) is 2. The summed E-state index contributed by atoms with van der Waals surface area (Å²) in [6.45, 7) is 0.455. The maximum atomic E-state index is 10.6. The number of carbonyl (C=O) groups is 1. The predicted molar refractivity (Wildman–Crippen MR) is 29.9 cm³/mol. The summed E-state index contributed by atoms with van der Waals surface area (Å²) < 4.78 is 0. The van der Waals surface area contributed by atoms with Gasteiger partial charge in [-0.3, -0.25) is 0 Å². The van der Waals surface area contributed by atoms with Crippen molar-refractivity contribution in [1.29, 1.82) is 0 Å². The van der Waals surface area contributed by atoms with E-state index < -0.39 is 12.0 Å². The molecule has 2 atom stereocenters. The van der Waals surface area contributed by atoms with Gasteiger partial charge in [0.1, 0.15) is 0 Å². The summed E-state index contributed by atoms with van der Waals surface area (Å²) in [5.41, 5.74) is 0. The predicted octanol–water partition coefficient (Wildman–Crippen LogP) is -1.38. The number of rotatable bonds is 1. The quantitative estimate of drug-likeness (QED) is 0.431. The number of hydroxylamine groups is 2. The number of hydrogen-bond acceptors (Lipinski definition) is 2. The molecule has 0 saturated carbocycles. The van der Waals surface area contributed by atoms with Crippen LogP contribution in [0.15, 0.2) is 0 Å². The highest BCUT2D eigenvalue weighted by molar-refractivity contribution is 5.71. The van der Waals surface area contributed by atoms with E-state index in [1.54, 1.807) is 0 Å². The number of quaternary nitrogens is 1. The topological polar surface area (TPSA) is 64.8 Å². The molecule has 2 N–H and O–H groups in total. The van der Waals surface area contributed by atoms with Crippen molar-refractivity contribution < 1.29 is 15.0 Å². The molecule has 1 fully saturated rings. The van der Waals surface area contributed by atoms with Crippen LogP contribution in [0.5, 0.6) is 0 Å². The van der Waals surface area contributed by atoms with Crippen LogP contribution in [0.2, 0.25) is 0 Å². The number of carboxylic acid groups (broad SMARTS) is 1. The molecule has 0 amide bonds. The second-order valence-corrected chi connectivity index (χ2v) is 2.25. The molecule has 1 aliphatic rings. The minimum Gasteiger partial charge on any atom is -0.634 e. The Bertz CT molecular complexity index is 125. The molecule has 1 saturated heterocycles. The van der Waals surface area contributed by atoms with Crippen LogP contribution in [0, 0.1) is 5.21 Å². The Morgan fingerprint density at radius 3 is 2.67 bits per heavy atom. The van der Waals surface area contributed by atoms with Crippen molar-refractivity contribution in [2.24, 2.45) is 0 Å². The van der Waals surface area contributed by atoms with E-state index >= 15 is 0 Å². The van der Waals surface area contributed by atoms with E-state index in [0.29, 0.717) is 13.0 Å². The van der Waals surface area contributed by atoms with Gasteiger partial charge in [-0.1, -0.05) is 0 Å². The average molecular weight is 131 g/mol. The maximum Gasteiger partial charge on any atom is 0.362 e.